The lowest BCUT2D eigenvalue weighted by Crippen LogP contribution is -2.45. The molecular formula is C12H17BrFN3O3S. The van der Waals surface area contributed by atoms with Crippen LogP contribution in [0.1, 0.15) is 20.8 Å². The Labute approximate surface area is 131 Å². The monoisotopic (exact) mass is 381 g/mol. The van der Waals surface area contributed by atoms with Crippen molar-refractivity contribution < 1.29 is 17.6 Å². The molecule has 6 nitrogen and oxygen atoms in total. The summed E-state index contributed by atoms with van der Waals surface area (Å²) in [6, 6.07) is 1.95. The normalized spacial score (nSPS) is 12.2. The lowest BCUT2D eigenvalue weighted by molar-refractivity contribution is -0.121. The van der Waals surface area contributed by atoms with Crippen molar-refractivity contribution in [1.29, 1.82) is 0 Å². The number of carbonyl (C=O) groups is 1. The summed E-state index contributed by atoms with van der Waals surface area (Å²) in [6.07, 6.45) is 0. The summed E-state index contributed by atoms with van der Waals surface area (Å²) in [6.45, 7) is 4.78. The number of benzene rings is 1. The number of rotatable bonds is 4. The summed E-state index contributed by atoms with van der Waals surface area (Å²) >= 11 is 3.00. The topological polar surface area (TPSA) is 101 Å². The van der Waals surface area contributed by atoms with Crippen LogP contribution in [0.3, 0.4) is 0 Å². The van der Waals surface area contributed by atoms with Crippen molar-refractivity contribution >= 4 is 37.5 Å². The molecule has 21 heavy (non-hydrogen) atoms. The molecule has 118 valence electrons. The van der Waals surface area contributed by atoms with Gasteiger partial charge < -0.3 is 11.1 Å². The Hall–Kier alpha value is -1.19. The summed E-state index contributed by atoms with van der Waals surface area (Å²) < 4.78 is 40.0. The molecule has 0 bridgehead atoms. The van der Waals surface area contributed by atoms with E-state index in [0.29, 0.717) is 0 Å². The van der Waals surface area contributed by atoms with Gasteiger partial charge >= 0.3 is 0 Å². The number of nitrogens with one attached hydrogen (secondary N) is 2. The lowest BCUT2D eigenvalue weighted by atomic mass is 10.1. The third kappa shape index (κ3) is 5.25. The van der Waals surface area contributed by atoms with Gasteiger partial charge in [-0.25, -0.2) is 17.5 Å². The molecule has 0 heterocycles. The van der Waals surface area contributed by atoms with E-state index in [-0.39, 0.29) is 10.2 Å². The zero-order valence-corrected chi connectivity index (χ0v) is 14.2. The van der Waals surface area contributed by atoms with Crippen LogP contribution in [0.4, 0.5) is 10.1 Å². The largest absolute Gasteiger partial charge is 0.398 e. The highest BCUT2D eigenvalue weighted by atomic mass is 79.9. The third-order valence-corrected chi connectivity index (χ3v) is 4.38. The number of hydrogen-bond acceptors (Lipinski definition) is 4. The Morgan fingerprint density at radius 1 is 1.38 bits per heavy atom. The van der Waals surface area contributed by atoms with Gasteiger partial charge in [0.25, 0.3) is 0 Å². The summed E-state index contributed by atoms with van der Waals surface area (Å²) in [5, 5.41) is 2.59. The Morgan fingerprint density at radius 2 is 1.95 bits per heavy atom. The predicted octanol–water partition coefficient (Wildman–Crippen LogP) is 1.36. The fourth-order valence-corrected chi connectivity index (χ4v) is 2.84. The molecule has 1 amide bonds. The molecule has 0 atom stereocenters. The fraction of sp³-hybridized carbons (Fsp3) is 0.417. The van der Waals surface area contributed by atoms with E-state index in [9.17, 15) is 17.6 Å². The standard InChI is InChI=1S/C12H17BrFN3O3S/c1-12(2,3)17-11(18)6-16-21(19,20)10-5-9(15)7(13)4-8(10)14/h4-5,16H,6,15H2,1-3H3,(H,17,18). The van der Waals surface area contributed by atoms with E-state index >= 15 is 0 Å². The van der Waals surface area contributed by atoms with Gasteiger partial charge in [0.15, 0.2) is 0 Å². The van der Waals surface area contributed by atoms with Gasteiger partial charge in [0, 0.05) is 15.7 Å². The van der Waals surface area contributed by atoms with Crippen molar-refractivity contribution in [1.82, 2.24) is 10.0 Å². The number of amides is 1. The van der Waals surface area contributed by atoms with Crippen molar-refractivity contribution in [3.63, 3.8) is 0 Å². The molecule has 0 radical (unpaired) electrons. The molecule has 0 saturated carbocycles. The van der Waals surface area contributed by atoms with Crippen molar-refractivity contribution in [2.24, 2.45) is 0 Å². The smallest absolute Gasteiger partial charge is 0.244 e. The van der Waals surface area contributed by atoms with Gasteiger partial charge in [0.1, 0.15) is 10.7 Å². The summed E-state index contributed by atoms with van der Waals surface area (Å²) in [4.78, 5) is 11.0. The molecule has 1 rings (SSSR count). The van der Waals surface area contributed by atoms with Crippen molar-refractivity contribution in [2.75, 3.05) is 12.3 Å². The maximum atomic E-state index is 13.7. The molecule has 0 spiro atoms. The molecule has 0 fully saturated rings. The minimum atomic E-state index is -4.17. The van der Waals surface area contributed by atoms with Crippen molar-refractivity contribution in [2.45, 2.75) is 31.2 Å². The summed E-state index contributed by atoms with van der Waals surface area (Å²) in [5.74, 6) is -1.48. The first-order valence-electron chi connectivity index (χ1n) is 5.97. The molecule has 9 heteroatoms. The van der Waals surface area contributed by atoms with Gasteiger partial charge in [-0.05, 0) is 48.8 Å². The summed E-state index contributed by atoms with van der Waals surface area (Å²) in [5.41, 5.74) is 5.13. The minimum Gasteiger partial charge on any atom is -0.398 e. The second-order valence-electron chi connectivity index (χ2n) is 5.43. The molecule has 0 unspecified atom stereocenters. The number of sulfonamides is 1. The van der Waals surface area contributed by atoms with Gasteiger partial charge in [0.2, 0.25) is 15.9 Å². The summed E-state index contributed by atoms with van der Waals surface area (Å²) in [7, 11) is -4.17. The number of nitrogens with two attached hydrogens (primary N) is 1. The number of anilines is 1. The maximum absolute atomic E-state index is 13.7. The highest BCUT2D eigenvalue weighted by molar-refractivity contribution is 9.10. The Morgan fingerprint density at radius 3 is 2.48 bits per heavy atom. The van der Waals surface area contributed by atoms with E-state index in [1.807, 2.05) is 4.72 Å². The highest BCUT2D eigenvalue weighted by Crippen LogP contribution is 2.25. The van der Waals surface area contributed by atoms with E-state index in [0.717, 1.165) is 12.1 Å². The predicted molar refractivity (Wildman–Crippen MR) is 81.6 cm³/mol. The molecule has 0 aliphatic heterocycles. The van der Waals surface area contributed by atoms with E-state index in [1.54, 1.807) is 20.8 Å². The van der Waals surface area contributed by atoms with E-state index in [4.69, 9.17) is 5.73 Å². The number of halogens is 2. The first kappa shape index (κ1) is 17.9. The third-order valence-electron chi connectivity index (χ3n) is 2.28. The van der Waals surface area contributed by atoms with E-state index in [1.165, 1.54) is 0 Å². The average Bonchev–Trinajstić information content (AvgIpc) is 2.29. The fourth-order valence-electron chi connectivity index (χ4n) is 1.45. The van der Waals surface area contributed by atoms with E-state index in [2.05, 4.69) is 21.2 Å². The van der Waals surface area contributed by atoms with E-state index < -0.39 is 38.7 Å². The SMILES string of the molecule is CC(C)(C)NC(=O)CNS(=O)(=O)c1cc(N)c(Br)cc1F. The van der Waals surface area contributed by atoms with Gasteiger partial charge in [-0.15, -0.1) is 0 Å². The molecule has 4 N–H and O–H groups in total. The van der Waals surface area contributed by atoms with Crippen molar-refractivity contribution in [3.8, 4) is 0 Å². The molecule has 0 aliphatic carbocycles. The number of nitrogen functional groups attached to an aromatic ring is 1. The second kappa shape index (κ2) is 6.29. The molecule has 1 aromatic rings. The number of carbonyl (C=O) groups excluding carboxylic acids is 1. The molecule has 1 aromatic carbocycles. The van der Waals surface area contributed by atoms with Gasteiger partial charge in [-0.1, -0.05) is 0 Å². The van der Waals surface area contributed by atoms with Crippen LogP contribution >= 0.6 is 15.9 Å². The first-order chi connectivity index (χ1) is 9.42. The Kier molecular flexibility index (Phi) is 5.35. The van der Waals surface area contributed by atoms with Crippen LogP contribution in [-0.4, -0.2) is 26.4 Å². The first-order valence-corrected chi connectivity index (χ1v) is 8.25. The Bertz CT molecular complexity index is 656. The number of hydrogen-bond donors (Lipinski definition) is 3. The van der Waals surface area contributed by atoms with Gasteiger partial charge in [-0.3, -0.25) is 4.79 Å². The van der Waals surface area contributed by atoms with Crippen LogP contribution in [0, 0.1) is 5.82 Å². The van der Waals surface area contributed by atoms with Gasteiger partial charge in [-0.2, -0.15) is 0 Å². The molecule has 0 aliphatic rings. The molecular weight excluding hydrogens is 365 g/mol. The second-order valence-corrected chi connectivity index (χ2v) is 8.02. The van der Waals surface area contributed by atoms with Crippen LogP contribution in [0.5, 0.6) is 0 Å². The maximum Gasteiger partial charge on any atom is 0.244 e. The molecule has 0 saturated heterocycles. The van der Waals surface area contributed by atoms with Crippen LogP contribution < -0.4 is 15.8 Å². The zero-order valence-electron chi connectivity index (χ0n) is 11.8. The minimum absolute atomic E-state index is 0.0796. The quantitative estimate of drug-likeness (QED) is 0.685. The van der Waals surface area contributed by atoms with Crippen LogP contribution in [0.15, 0.2) is 21.5 Å². The average molecular weight is 382 g/mol. The van der Waals surface area contributed by atoms with Gasteiger partial charge in [0.05, 0.1) is 6.54 Å². The Balaban J connectivity index is 2.88. The van der Waals surface area contributed by atoms with Crippen LogP contribution in [0.2, 0.25) is 0 Å². The van der Waals surface area contributed by atoms with Crippen LogP contribution in [-0.2, 0) is 14.8 Å². The molecule has 0 aromatic heterocycles. The zero-order chi connectivity index (χ0) is 16.4. The van der Waals surface area contributed by atoms with Crippen molar-refractivity contribution in [3.05, 3.63) is 22.4 Å². The lowest BCUT2D eigenvalue weighted by Gasteiger charge is -2.20. The van der Waals surface area contributed by atoms with Crippen LogP contribution in [0.25, 0.3) is 0 Å². The highest BCUT2D eigenvalue weighted by Gasteiger charge is 2.22.